The summed E-state index contributed by atoms with van der Waals surface area (Å²) in [5, 5.41) is 15.5. The minimum atomic E-state index is -1.19. The Morgan fingerprint density at radius 2 is 1.30 bits per heavy atom. The lowest BCUT2D eigenvalue weighted by atomic mass is 9.94. The molecule has 0 bridgehead atoms. The van der Waals surface area contributed by atoms with Gasteiger partial charge in [-0.15, -0.1) is 0 Å². The molecule has 3 N–H and O–H groups in total. The first kappa shape index (κ1) is 39.6. The van der Waals surface area contributed by atoms with Gasteiger partial charge >= 0.3 is 12.1 Å². The molecule has 10 heteroatoms. The molecule has 0 aliphatic heterocycles. The molecule has 0 spiro atoms. The zero-order valence-corrected chi connectivity index (χ0v) is 31.0. The summed E-state index contributed by atoms with van der Waals surface area (Å²) in [7, 11) is 0. The first-order valence-corrected chi connectivity index (χ1v) is 17.0. The number of nitrogens with zero attached hydrogens (tertiary/aromatic N) is 1. The van der Waals surface area contributed by atoms with E-state index in [4.69, 9.17) is 9.47 Å². The molecule has 270 valence electrons. The van der Waals surface area contributed by atoms with E-state index in [1.54, 1.807) is 67.5 Å². The van der Waals surface area contributed by atoms with Gasteiger partial charge in [0.05, 0.1) is 0 Å². The van der Waals surface area contributed by atoms with Crippen molar-refractivity contribution in [1.82, 2.24) is 15.5 Å². The van der Waals surface area contributed by atoms with Gasteiger partial charge in [-0.3, -0.25) is 9.59 Å². The maximum Gasteiger partial charge on any atom is 0.408 e. The zero-order chi connectivity index (χ0) is 37.4. The molecule has 0 aliphatic rings. The van der Waals surface area contributed by atoms with Crippen LogP contribution in [0.25, 0.3) is 0 Å². The summed E-state index contributed by atoms with van der Waals surface area (Å²) in [6.07, 6.45) is -0.573. The van der Waals surface area contributed by atoms with Gasteiger partial charge in [0.1, 0.15) is 35.1 Å². The second-order valence-electron chi connectivity index (χ2n) is 15.0. The van der Waals surface area contributed by atoms with E-state index in [1.165, 1.54) is 17.0 Å². The van der Waals surface area contributed by atoms with E-state index in [0.29, 0.717) is 11.1 Å². The smallest absolute Gasteiger partial charge is 0.408 e. The normalized spacial score (nSPS) is 13.5. The van der Waals surface area contributed by atoms with E-state index < -0.39 is 59.2 Å². The van der Waals surface area contributed by atoms with Crippen LogP contribution in [0.1, 0.15) is 89.2 Å². The number of alkyl carbamates (subject to hydrolysis) is 1. The third kappa shape index (κ3) is 11.9. The molecular formula is C40H53N3O7. The fourth-order valence-corrected chi connectivity index (χ4v) is 5.59. The Balaban J connectivity index is 2.13. The Hall–Kier alpha value is -4.86. The quantitative estimate of drug-likeness (QED) is 0.185. The average Bonchev–Trinajstić information content (AvgIpc) is 2.99. The number of rotatable bonds is 12. The maximum absolute atomic E-state index is 14.8. The summed E-state index contributed by atoms with van der Waals surface area (Å²) in [5.41, 5.74) is 2.17. The first-order chi connectivity index (χ1) is 23.2. The molecule has 0 saturated carbocycles. The van der Waals surface area contributed by atoms with Crippen LogP contribution in [0.3, 0.4) is 0 Å². The predicted octanol–water partition coefficient (Wildman–Crippen LogP) is 6.49. The number of ether oxygens (including phenoxy) is 2. The monoisotopic (exact) mass is 687 g/mol. The number of phenolic OH excluding ortho intramolecular Hbond substituents is 1. The standard InChI is InChI=1S/C40H53N3O7/c1-25(2)43(36(46)32(42-38(48)50-40(8,9)10)23-29-17-19-30(44)20-18-29)34(31-21-16-26(3)22-27(31)4)35(45)41-33(37(47)49-39(5,6)7)24-28-14-12-11-13-15-28/h11-22,25,32-34,44H,23-24H2,1-10H3,(H,41,45)(H,42,48). The van der Waals surface area contributed by atoms with Crippen molar-refractivity contribution in [3.05, 3.63) is 101 Å². The molecule has 0 fully saturated rings. The van der Waals surface area contributed by atoms with E-state index in [2.05, 4.69) is 10.6 Å². The number of hydrogen-bond donors (Lipinski definition) is 3. The molecule has 0 heterocycles. The molecule has 0 aromatic heterocycles. The molecule has 0 aliphatic carbocycles. The summed E-state index contributed by atoms with van der Waals surface area (Å²) in [5.74, 6) is -1.65. The molecule has 3 aromatic rings. The van der Waals surface area contributed by atoms with Gasteiger partial charge in [0.25, 0.3) is 0 Å². The molecule has 3 aromatic carbocycles. The molecule has 3 amide bonds. The Labute approximate surface area is 296 Å². The third-order valence-electron chi connectivity index (χ3n) is 7.71. The minimum Gasteiger partial charge on any atom is -0.508 e. The van der Waals surface area contributed by atoms with Crippen molar-refractivity contribution in [1.29, 1.82) is 0 Å². The third-order valence-corrected chi connectivity index (χ3v) is 7.71. The van der Waals surface area contributed by atoms with E-state index in [1.807, 2.05) is 62.4 Å². The number of carbonyl (C=O) groups is 4. The average molecular weight is 688 g/mol. The number of hydrogen-bond acceptors (Lipinski definition) is 7. The molecule has 10 nitrogen and oxygen atoms in total. The number of phenols is 1. The lowest BCUT2D eigenvalue weighted by Gasteiger charge is -2.38. The number of nitrogens with one attached hydrogen (secondary N) is 2. The Bertz CT molecular complexity index is 1620. The lowest BCUT2D eigenvalue weighted by Crippen LogP contribution is -2.57. The van der Waals surface area contributed by atoms with Crippen LogP contribution in [0.15, 0.2) is 72.8 Å². The van der Waals surface area contributed by atoms with Gasteiger partial charge in [-0.2, -0.15) is 0 Å². The van der Waals surface area contributed by atoms with Crippen LogP contribution in [0.4, 0.5) is 4.79 Å². The van der Waals surface area contributed by atoms with Crippen LogP contribution in [0.2, 0.25) is 0 Å². The second kappa shape index (κ2) is 16.7. The van der Waals surface area contributed by atoms with Gasteiger partial charge < -0.3 is 30.1 Å². The van der Waals surface area contributed by atoms with Crippen molar-refractivity contribution >= 4 is 23.9 Å². The molecule has 0 radical (unpaired) electrons. The van der Waals surface area contributed by atoms with Crippen LogP contribution in [0.5, 0.6) is 5.75 Å². The number of aryl methyl sites for hydroxylation is 2. The highest BCUT2D eigenvalue weighted by Gasteiger charge is 2.40. The molecule has 0 saturated heterocycles. The first-order valence-electron chi connectivity index (χ1n) is 17.0. The maximum atomic E-state index is 14.8. The molecule has 50 heavy (non-hydrogen) atoms. The van der Waals surface area contributed by atoms with Crippen molar-refractivity contribution in [3.63, 3.8) is 0 Å². The van der Waals surface area contributed by atoms with Crippen LogP contribution >= 0.6 is 0 Å². The van der Waals surface area contributed by atoms with Gasteiger partial charge in [0.15, 0.2) is 0 Å². The van der Waals surface area contributed by atoms with E-state index in [0.717, 1.165) is 16.7 Å². The van der Waals surface area contributed by atoms with Crippen LogP contribution in [-0.4, -0.2) is 63.2 Å². The second-order valence-corrected chi connectivity index (χ2v) is 15.0. The number of aromatic hydroxyl groups is 1. The summed E-state index contributed by atoms with van der Waals surface area (Å²) in [4.78, 5) is 57.6. The van der Waals surface area contributed by atoms with Crippen molar-refractivity contribution in [2.45, 2.75) is 117 Å². The van der Waals surface area contributed by atoms with Crippen LogP contribution in [0, 0.1) is 13.8 Å². The number of benzene rings is 3. The molecule has 3 unspecified atom stereocenters. The largest absolute Gasteiger partial charge is 0.508 e. The Kier molecular flexibility index (Phi) is 13.2. The van der Waals surface area contributed by atoms with E-state index in [-0.39, 0.29) is 18.6 Å². The fourth-order valence-electron chi connectivity index (χ4n) is 5.59. The van der Waals surface area contributed by atoms with Crippen molar-refractivity contribution in [2.24, 2.45) is 0 Å². The summed E-state index contributed by atoms with van der Waals surface area (Å²) < 4.78 is 11.3. The van der Waals surface area contributed by atoms with Gasteiger partial charge in [-0.25, -0.2) is 9.59 Å². The Morgan fingerprint density at radius 1 is 0.740 bits per heavy atom. The molecule has 3 atom stereocenters. The van der Waals surface area contributed by atoms with Crippen LogP contribution < -0.4 is 10.6 Å². The summed E-state index contributed by atoms with van der Waals surface area (Å²) >= 11 is 0. The van der Waals surface area contributed by atoms with Crippen molar-refractivity contribution in [3.8, 4) is 5.75 Å². The predicted molar refractivity (Wildman–Crippen MR) is 194 cm³/mol. The lowest BCUT2D eigenvalue weighted by molar-refractivity contribution is -0.159. The summed E-state index contributed by atoms with van der Waals surface area (Å²) in [6, 6.07) is 17.3. The van der Waals surface area contributed by atoms with E-state index >= 15 is 0 Å². The molecular weight excluding hydrogens is 634 g/mol. The summed E-state index contributed by atoms with van der Waals surface area (Å²) in [6.45, 7) is 17.8. The van der Waals surface area contributed by atoms with Crippen LogP contribution in [-0.2, 0) is 36.7 Å². The fraction of sp³-hybridized carbons (Fsp3) is 0.450. The minimum absolute atomic E-state index is 0.0529. The highest BCUT2D eigenvalue weighted by Crippen LogP contribution is 2.29. The van der Waals surface area contributed by atoms with Gasteiger partial charge in [0.2, 0.25) is 11.8 Å². The number of esters is 1. The zero-order valence-electron chi connectivity index (χ0n) is 31.0. The van der Waals surface area contributed by atoms with E-state index in [9.17, 15) is 24.3 Å². The topological polar surface area (TPSA) is 134 Å². The molecule has 3 rings (SSSR count). The number of amides is 3. The van der Waals surface area contributed by atoms with Gasteiger partial charge in [-0.05, 0) is 104 Å². The SMILES string of the molecule is Cc1ccc(C(C(=O)NC(Cc2ccccc2)C(=O)OC(C)(C)C)N(C(=O)C(Cc2ccc(O)cc2)NC(=O)OC(C)(C)C)C(C)C)c(C)c1. The number of carbonyl (C=O) groups excluding carboxylic acids is 4. The van der Waals surface area contributed by atoms with Crippen molar-refractivity contribution in [2.75, 3.05) is 0 Å². The van der Waals surface area contributed by atoms with Gasteiger partial charge in [0, 0.05) is 18.9 Å². The van der Waals surface area contributed by atoms with Crippen molar-refractivity contribution < 1.29 is 33.8 Å². The highest BCUT2D eigenvalue weighted by atomic mass is 16.6. The highest BCUT2D eigenvalue weighted by molar-refractivity contribution is 5.94. The van der Waals surface area contributed by atoms with Gasteiger partial charge in [-0.1, -0.05) is 66.2 Å². The Morgan fingerprint density at radius 3 is 1.84 bits per heavy atom.